The van der Waals surface area contributed by atoms with Gasteiger partial charge in [-0.25, -0.2) is 4.68 Å². The minimum atomic E-state index is -0.194. The summed E-state index contributed by atoms with van der Waals surface area (Å²) >= 11 is 0. The first-order valence-corrected chi connectivity index (χ1v) is 5.91. The Morgan fingerprint density at radius 2 is 2.37 bits per heavy atom. The normalized spacial score (nSPS) is 10.2. The second kappa shape index (κ2) is 5.90. The fourth-order valence-corrected chi connectivity index (χ4v) is 1.61. The van der Waals surface area contributed by atoms with E-state index in [1.54, 1.807) is 23.3 Å². The number of carbonyl (C=O) groups excluding carboxylic acids is 2. The molecule has 2 rings (SSSR count). The van der Waals surface area contributed by atoms with Gasteiger partial charge in [0.2, 0.25) is 5.91 Å². The standard InChI is InChI=1S/C13H14N4O2/c1-10-12(15-13(19)5-3-7-18)9-17(16-10)11-4-2-6-14-8-11/h2,4,6-9H,3,5H2,1H3,(H,15,19). The van der Waals surface area contributed by atoms with Crippen LogP contribution in [0.15, 0.2) is 30.7 Å². The largest absolute Gasteiger partial charge is 0.323 e. The first-order chi connectivity index (χ1) is 9.20. The lowest BCUT2D eigenvalue weighted by Crippen LogP contribution is -2.11. The second-order valence-electron chi connectivity index (χ2n) is 4.04. The molecule has 0 saturated heterocycles. The maximum atomic E-state index is 11.5. The van der Waals surface area contributed by atoms with Crippen LogP contribution in [-0.4, -0.2) is 27.0 Å². The van der Waals surface area contributed by atoms with Gasteiger partial charge < -0.3 is 10.1 Å². The Balaban J connectivity index is 2.13. The van der Waals surface area contributed by atoms with Gasteiger partial charge in [0.1, 0.15) is 6.29 Å². The molecular formula is C13H14N4O2. The van der Waals surface area contributed by atoms with Gasteiger partial charge in [0.05, 0.1) is 29.5 Å². The smallest absolute Gasteiger partial charge is 0.224 e. The summed E-state index contributed by atoms with van der Waals surface area (Å²) in [6.45, 7) is 1.81. The molecule has 2 aromatic rings. The molecule has 0 saturated carbocycles. The molecule has 2 aromatic heterocycles. The van der Waals surface area contributed by atoms with Crippen LogP contribution in [0, 0.1) is 6.92 Å². The van der Waals surface area contributed by atoms with E-state index in [1.807, 2.05) is 19.1 Å². The zero-order valence-corrected chi connectivity index (χ0v) is 10.5. The topological polar surface area (TPSA) is 76.9 Å². The number of pyridine rings is 1. The van der Waals surface area contributed by atoms with Crippen LogP contribution in [0.25, 0.3) is 5.69 Å². The van der Waals surface area contributed by atoms with E-state index in [0.29, 0.717) is 11.4 Å². The summed E-state index contributed by atoms with van der Waals surface area (Å²) in [5.74, 6) is -0.194. The van der Waals surface area contributed by atoms with Gasteiger partial charge in [-0.05, 0) is 19.1 Å². The van der Waals surface area contributed by atoms with Crippen molar-refractivity contribution >= 4 is 17.9 Å². The van der Waals surface area contributed by atoms with Gasteiger partial charge in [0.25, 0.3) is 0 Å². The predicted molar refractivity (Wildman–Crippen MR) is 70.0 cm³/mol. The first-order valence-electron chi connectivity index (χ1n) is 5.91. The van der Waals surface area contributed by atoms with Crippen LogP contribution in [0.3, 0.4) is 0 Å². The van der Waals surface area contributed by atoms with Crippen LogP contribution in [0.2, 0.25) is 0 Å². The maximum Gasteiger partial charge on any atom is 0.224 e. The number of anilines is 1. The Bertz CT molecular complexity index is 578. The molecule has 0 aliphatic carbocycles. The average molecular weight is 258 g/mol. The molecule has 2 heterocycles. The molecule has 6 nitrogen and oxygen atoms in total. The minimum Gasteiger partial charge on any atom is -0.323 e. The summed E-state index contributed by atoms with van der Waals surface area (Å²) in [6.07, 6.45) is 6.23. The van der Waals surface area contributed by atoms with Crippen LogP contribution in [0.5, 0.6) is 0 Å². The fraction of sp³-hybridized carbons (Fsp3) is 0.231. The third-order valence-electron chi connectivity index (χ3n) is 2.57. The molecule has 0 radical (unpaired) electrons. The Morgan fingerprint density at radius 1 is 1.53 bits per heavy atom. The Kier molecular flexibility index (Phi) is 4.02. The van der Waals surface area contributed by atoms with Crippen molar-refractivity contribution in [2.45, 2.75) is 19.8 Å². The molecular weight excluding hydrogens is 244 g/mol. The molecule has 0 aliphatic rings. The lowest BCUT2D eigenvalue weighted by atomic mass is 10.3. The van der Waals surface area contributed by atoms with Gasteiger partial charge in [-0.2, -0.15) is 5.10 Å². The van der Waals surface area contributed by atoms with Gasteiger partial charge in [0, 0.05) is 19.0 Å². The number of aromatic nitrogens is 3. The molecule has 0 aromatic carbocycles. The van der Waals surface area contributed by atoms with E-state index < -0.39 is 0 Å². The quantitative estimate of drug-likeness (QED) is 0.824. The van der Waals surface area contributed by atoms with E-state index in [-0.39, 0.29) is 18.7 Å². The summed E-state index contributed by atoms with van der Waals surface area (Å²) in [4.78, 5) is 25.8. The number of carbonyl (C=O) groups is 2. The first kappa shape index (κ1) is 12.9. The molecule has 98 valence electrons. The van der Waals surface area contributed by atoms with Gasteiger partial charge in [-0.15, -0.1) is 0 Å². The zero-order chi connectivity index (χ0) is 13.7. The van der Waals surface area contributed by atoms with E-state index in [9.17, 15) is 9.59 Å². The monoisotopic (exact) mass is 258 g/mol. The number of rotatable bonds is 5. The van der Waals surface area contributed by atoms with Gasteiger partial charge in [-0.1, -0.05) is 0 Å². The highest BCUT2D eigenvalue weighted by atomic mass is 16.1. The Morgan fingerprint density at radius 3 is 3.05 bits per heavy atom. The molecule has 0 bridgehead atoms. The number of amides is 1. The molecule has 19 heavy (non-hydrogen) atoms. The highest BCUT2D eigenvalue weighted by molar-refractivity contribution is 5.92. The van der Waals surface area contributed by atoms with Crippen LogP contribution in [0.1, 0.15) is 18.5 Å². The number of hydrogen-bond donors (Lipinski definition) is 1. The molecule has 0 atom stereocenters. The number of nitrogens with one attached hydrogen (secondary N) is 1. The molecule has 0 unspecified atom stereocenters. The lowest BCUT2D eigenvalue weighted by molar-refractivity contribution is -0.118. The van der Waals surface area contributed by atoms with Gasteiger partial charge >= 0.3 is 0 Å². The molecule has 1 N–H and O–H groups in total. The average Bonchev–Trinajstić information content (AvgIpc) is 2.79. The number of hydrogen-bond acceptors (Lipinski definition) is 4. The maximum absolute atomic E-state index is 11.5. The molecule has 0 aliphatic heterocycles. The minimum absolute atomic E-state index is 0.182. The summed E-state index contributed by atoms with van der Waals surface area (Å²) in [5, 5.41) is 7.04. The molecule has 0 spiro atoms. The highest BCUT2D eigenvalue weighted by Crippen LogP contribution is 2.16. The van der Waals surface area contributed by atoms with Crippen LogP contribution in [-0.2, 0) is 9.59 Å². The second-order valence-corrected chi connectivity index (χ2v) is 4.04. The van der Waals surface area contributed by atoms with Crippen molar-refractivity contribution < 1.29 is 9.59 Å². The van der Waals surface area contributed by atoms with E-state index in [4.69, 9.17) is 0 Å². The van der Waals surface area contributed by atoms with Crippen molar-refractivity contribution in [3.05, 3.63) is 36.4 Å². The highest BCUT2D eigenvalue weighted by Gasteiger charge is 2.09. The zero-order valence-electron chi connectivity index (χ0n) is 10.5. The number of aryl methyl sites for hydroxylation is 1. The summed E-state index contributed by atoms with van der Waals surface area (Å²) < 4.78 is 1.65. The molecule has 6 heteroatoms. The molecule has 0 fully saturated rings. The number of aldehydes is 1. The summed E-state index contributed by atoms with van der Waals surface area (Å²) in [5.41, 5.74) is 2.17. The Labute approximate surface area is 110 Å². The predicted octanol–water partition coefficient (Wildman–Crippen LogP) is 1.49. The van der Waals surface area contributed by atoms with Crippen molar-refractivity contribution in [3.63, 3.8) is 0 Å². The van der Waals surface area contributed by atoms with E-state index >= 15 is 0 Å². The van der Waals surface area contributed by atoms with E-state index in [1.165, 1.54) is 0 Å². The van der Waals surface area contributed by atoms with Gasteiger partial charge in [-0.3, -0.25) is 9.78 Å². The van der Waals surface area contributed by atoms with Crippen molar-refractivity contribution in [2.24, 2.45) is 0 Å². The third kappa shape index (κ3) is 3.25. The van der Waals surface area contributed by atoms with Crippen molar-refractivity contribution in [1.82, 2.24) is 14.8 Å². The van der Waals surface area contributed by atoms with Crippen LogP contribution < -0.4 is 5.32 Å². The van der Waals surface area contributed by atoms with E-state index in [2.05, 4.69) is 15.4 Å². The van der Waals surface area contributed by atoms with Crippen LogP contribution >= 0.6 is 0 Å². The summed E-state index contributed by atoms with van der Waals surface area (Å²) in [7, 11) is 0. The SMILES string of the molecule is Cc1nn(-c2cccnc2)cc1NC(=O)CCC=O. The van der Waals surface area contributed by atoms with Crippen molar-refractivity contribution in [2.75, 3.05) is 5.32 Å². The number of nitrogens with zero attached hydrogens (tertiary/aromatic N) is 3. The van der Waals surface area contributed by atoms with Crippen molar-refractivity contribution in [3.8, 4) is 5.69 Å². The Hall–Kier alpha value is -2.50. The third-order valence-corrected chi connectivity index (χ3v) is 2.57. The van der Waals surface area contributed by atoms with Crippen LogP contribution in [0.4, 0.5) is 5.69 Å². The lowest BCUT2D eigenvalue weighted by Gasteiger charge is -2.01. The van der Waals surface area contributed by atoms with E-state index in [0.717, 1.165) is 12.0 Å². The fourth-order valence-electron chi connectivity index (χ4n) is 1.61. The molecule has 1 amide bonds. The van der Waals surface area contributed by atoms with Gasteiger partial charge in [0.15, 0.2) is 0 Å². The van der Waals surface area contributed by atoms with Crippen molar-refractivity contribution in [1.29, 1.82) is 0 Å². The summed E-state index contributed by atoms with van der Waals surface area (Å²) in [6, 6.07) is 3.69.